The smallest absolute Gasteiger partial charge is 0.335 e. The number of rotatable bonds is 3. The van der Waals surface area contributed by atoms with E-state index in [0.29, 0.717) is 5.56 Å². The molecule has 2 heteroatoms. The lowest BCUT2D eigenvalue weighted by Gasteiger charge is -2.18. The van der Waals surface area contributed by atoms with E-state index in [4.69, 9.17) is 0 Å². The number of aromatic carboxylic acids is 1. The number of hydrogen-bond acceptors (Lipinski definition) is 1. The van der Waals surface area contributed by atoms with Crippen molar-refractivity contribution in [2.75, 3.05) is 0 Å². The molecule has 0 saturated carbocycles. The SMILES string of the molecule is O=C(O)c1ccc2c(-c3ccccc3)c3ccccc3c(-c3ccccc3)c2c1. The zero-order valence-electron chi connectivity index (χ0n) is 15.7. The third kappa shape index (κ3) is 2.86. The van der Waals surface area contributed by atoms with Gasteiger partial charge in [0, 0.05) is 0 Å². The Kier molecular flexibility index (Phi) is 4.10. The van der Waals surface area contributed by atoms with Crippen LogP contribution in [0.1, 0.15) is 10.4 Å². The van der Waals surface area contributed by atoms with Crippen LogP contribution in [0, 0.1) is 0 Å². The average Bonchev–Trinajstić information content (AvgIpc) is 2.78. The molecule has 0 atom stereocenters. The highest BCUT2D eigenvalue weighted by molar-refractivity contribution is 6.22. The van der Waals surface area contributed by atoms with Gasteiger partial charge in [0.25, 0.3) is 0 Å². The molecule has 0 spiro atoms. The molecule has 1 N–H and O–H groups in total. The summed E-state index contributed by atoms with van der Waals surface area (Å²) in [5, 5.41) is 13.9. The maximum atomic E-state index is 11.7. The maximum Gasteiger partial charge on any atom is 0.335 e. The normalized spacial score (nSPS) is 11.0. The van der Waals surface area contributed by atoms with E-state index >= 15 is 0 Å². The number of benzene rings is 5. The minimum atomic E-state index is -0.916. The summed E-state index contributed by atoms with van der Waals surface area (Å²) in [5.74, 6) is -0.916. The first kappa shape index (κ1) is 17.2. The summed E-state index contributed by atoms with van der Waals surface area (Å²) in [6, 6.07) is 34.3. The third-order valence-corrected chi connectivity index (χ3v) is 5.40. The van der Waals surface area contributed by atoms with E-state index in [2.05, 4.69) is 42.5 Å². The zero-order chi connectivity index (χ0) is 19.8. The standard InChI is InChI=1S/C27H18O2/c28-27(29)20-15-16-23-24(17-20)26(19-11-5-2-6-12-19)22-14-8-7-13-21(22)25(23)18-9-3-1-4-10-18/h1-17H,(H,28,29). The van der Waals surface area contributed by atoms with Crippen LogP contribution in [0.25, 0.3) is 43.8 Å². The van der Waals surface area contributed by atoms with E-state index in [-0.39, 0.29) is 0 Å². The predicted octanol–water partition coefficient (Wildman–Crippen LogP) is 7.03. The van der Waals surface area contributed by atoms with Crippen LogP contribution in [-0.4, -0.2) is 11.1 Å². The highest BCUT2D eigenvalue weighted by atomic mass is 16.4. The van der Waals surface area contributed by atoms with Crippen molar-refractivity contribution < 1.29 is 9.90 Å². The van der Waals surface area contributed by atoms with E-state index in [1.165, 1.54) is 0 Å². The lowest BCUT2D eigenvalue weighted by Crippen LogP contribution is -1.97. The van der Waals surface area contributed by atoms with E-state index in [1.54, 1.807) is 12.1 Å². The van der Waals surface area contributed by atoms with E-state index < -0.39 is 5.97 Å². The molecule has 0 bridgehead atoms. The third-order valence-electron chi connectivity index (χ3n) is 5.40. The Morgan fingerprint density at radius 2 is 0.966 bits per heavy atom. The van der Waals surface area contributed by atoms with Crippen molar-refractivity contribution in [3.05, 3.63) is 109 Å². The molecule has 0 aliphatic heterocycles. The van der Waals surface area contributed by atoms with Crippen LogP contribution in [-0.2, 0) is 0 Å². The molecule has 0 aliphatic rings. The molecular formula is C27H18O2. The van der Waals surface area contributed by atoms with Crippen LogP contribution in [0.3, 0.4) is 0 Å². The van der Waals surface area contributed by atoms with Gasteiger partial charge in [-0.3, -0.25) is 0 Å². The molecule has 0 aliphatic carbocycles. The topological polar surface area (TPSA) is 37.3 Å². The molecule has 138 valence electrons. The number of fused-ring (bicyclic) bond motifs is 2. The van der Waals surface area contributed by atoms with Gasteiger partial charge in [0.2, 0.25) is 0 Å². The second-order valence-electron chi connectivity index (χ2n) is 7.09. The molecule has 0 fully saturated rings. The molecule has 5 rings (SSSR count). The molecule has 0 saturated heterocycles. The Bertz CT molecular complexity index is 1350. The summed E-state index contributed by atoms with van der Waals surface area (Å²) in [6.45, 7) is 0. The van der Waals surface area contributed by atoms with Crippen molar-refractivity contribution >= 4 is 27.5 Å². The van der Waals surface area contributed by atoms with Gasteiger partial charge in [-0.25, -0.2) is 4.79 Å². The van der Waals surface area contributed by atoms with Crippen molar-refractivity contribution in [1.29, 1.82) is 0 Å². The molecule has 0 aromatic heterocycles. The van der Waals surface area contributed by atoms with Crippen LogP contribution < -0.4 is 0 Å². The minimum Gasteiger partial charge on any atom is -0.478 e. The van der Waals surface area contributed by atoms with Gasteiger partial charge in [-0.05, 0) is 55.9 Å². The minimum absolute atomic E-state index is 0.295. The number of carboxylic acid groups (broad SMARTS) is 1. The average molecular weight is 374 g/mol. The van der Waals surface area contributed by atoms with Crippen molar-refractivity contribution in [1.82, 2.24) is 0 Å². The van der Waals surface area contributed by atoms with Gasteiger partial charge in [0.05, 0.1) is 5.56 Å². The van der Waals surface area contributed by atoms with Crippen LogP contribution in [0.2, 0.25) is 0 Å². The summed E-state index contributed by atoms with van der Waals surface area (Å²) >= 11 is 0. The van der Waals surface area contributed by atoms with Crippen LogP contribution in [0.4, 0.5) is 0 Å². The molecule has 0 heterocycles. The Balaban J connectivity index is 2.03. The maximum absolute atomic E-state index is 11.7. The lowest BCUT2D eigenvalue weighted by atomic mass is 9.85. The molecular weight excluding hydrogens is 356 g/mol. The first-order valence-corrected chi connectivity index (χ1v) is 9.56. The highest BCUT2D eigenvalue weighted by Crippen LogP contribution is 2.43. The summed E-state index contributed by atoms with van der Waals surface area (Å²) in [5.41, 5.74) is 4.70. The van der Waals surface area contributed by atoms with Crippen LogP contribution >= 0.6 is 0 Å². The Morgan fingerprint density at radius 1 is 0.517 bits per heavy atom. The van der Waals surface area contributed by atoms with Gasteiger partial charge in [0.1, 0.15) is 0 Å². The first-order valence-electron chi connectivity index (χ1n) is 9.56. The first-order chi connectivity index (χ1) is 14.2. The van der Waals surface area contributed by atoms with Gasteiger partial charge in [0.15, 0.2) is 0 Å². The van der Waals surface area contributed by atoms with E-state index in [0.717, 1.165) is 43.8 Å². The second kappa shape index (κ2) is 6.92. The number of carbonyl (C=O) groups is 1. The van der Waals surface area contributed by atoms with Crippen molar-refractivity contribution in [2.45, 2.75) is 0 Å². The van der Waals surface area contributed by atoms with Crippen LogP contribution in [0.15, 0.2) is 103 Å². The Hall–Kier alpha value is -3.91. The summed E-state index contributed by atoms with van der Waals surface area (Å²) < 4.78 is 0. The van der Waals surface area contributed by atoms with Crippen molar-refractivity contribution in [3.8, 4) is 22.3 Å². The van der Waals surface area contributed by atoms with Gasteiger partial charge in [-0.15, -0.1) is 0 Å². The summed E-state index contributed by atoms with van der Waals surface area (Å²) in [6.07, 6.45) is 0. The lowest BCUT2D eigenvalue weighted by molar-refractivity contribution is 0.0697. The van der Waals surface area contributed by atoms with E-state index in [9.17, 15) is 9.90 Å². The zero-order valence-corrected chi connectivity index (χ0v) is 15.7. The van der Waals surface area contributed by atoms with Gasteiger partial charge >= 0.3 is 5.97 Å². The van der Waals surface area contributed by atoms with E-state index in [1.807, 2.05) is 48.5 Å². The fourth-order valence-electron chi connectivity index (χ4n) is 4.14. The monoisotopic (exact) mass is 374 g/mol. The van der Waals surface area contributed by atoms with Crippen LogP contribution in [0.5, 0.6) is 0 Å². The molecule has 0 radical (unpaired) electrons. The quantitative estimate of drug-likeness (QED) is 0.344. The Labute approximate surface area is 168 Å². The van der Waals surface area contributed by atoms with Gasteiger partial charge in [-0.2, -0.15) is 0 Å². The molecule has 0 unspecified atom stereocenters. The highest BCUT2D eigenvalue weighted by Gasteiger charge is 2.17. The molecule has 5 aromatic rings. The molecule has 2 nitrogen and oxygen atoms in total. The van der Waals surface area contributed by atoms with Crippen molar-refractivity contribution in [2.24, 2.45) is 0 Å². The van der Waals surface area contributed by atoms with Gasteiger partial charge < -0.3 is 5.11 Å². The summed E-state index contributed by atoms with van der Waals surface area (Å²) in [4.78, 5) is 11.7. The largest absolute Gasteiger partial charge is 0.478 e. The fraction of sp³-hybridized carbons (Fsp3) is 0. The fourth-order valence-corrected chi connectivity index (χ4v) is 4.14. The molecule has 0 amide bonds. The molecule has 29 heavy (non-hydrogen) atoms. The molecule has 5 aromatic carbocycles. The van der Waals surface area contributed by atoms with Crippen molar-refractivity contribution in [3.63, 3.8) is 0 Å². The second-order valence-corrected chi connectivity index (χ2v) is 7.09. The number of hydrogen-bond donors (Lipinski definition) is 1. The number of carboxylic acids is 1. The predicted molar refractivity (Wildman–Crippen MR) is 119 cm³/mol. The Morgan fingerprint density at radius 3 is 1.48 bits per heavy atom. The summed E-state index contributed by atoms with van der Waals surface area (Å²) in [7, 11) is 0. The van der Waals surface area contributed by atoms with Gasteiger partial charge in [-0.1, -0.05) is 91.0 Å².